The van der Waals surface area contributed by atoms with Gasteiger partial charge in [0.1, 0.15) is 5.75 Å². The SMILES string of the molecule is CCCCC(Oc1cc(C)c([N+](=O)[O-])cc1C)C(=O)OC. The zero-order valence-corrected chi connectivity index (χ0v) is 12.8. The van der Waals surface area contributed by atoms with Gasteiger partial charge in [0.15, 0.2) is 6.10 Å². The van der Waals surface area contributed by atoms with Crippen LogP contribution in [0, 0.1) is 24.0 Å². The predicted octanol–water partition coefficient (Wildman–Crippen LogP) is 3.32. The van der Waals surface area contributed by atoms with Crippen LogP contribution in [-0.4, -0.2) is 24.1 Å². The Balaban J connectivity index is 3.00. The van der Waals surface area contributed by atoms with Crippen LogP contribution >= 0.6 is 0 Å². The summed E-state index contributed by atoms with van der Waals surface area (Å²) in [6.45, 7) is 5.38. The summed E-state index contributed by atoms with van der Waals surface area (Å²) in [6.07, 6.45) is 1.65. The van der Waals surface area contributed by atoms with Crippen molar-refractivity contribution < 1.29 is 19.2 Å². The third-order valence-corrected chi connectivity index (χ3v) is 3.24. The van der Waals surface area contributed by atoms with Gasteiger partial charge in [-0.15, -0.1) is 0 Å². The van der Waals surface area contributed by atoms with Crippen molar-refractivity contribution in [2.75, 3.05) is 7.11 Å². The molecular weight excluding hydrogens is 274 g/mol. The second-order valence-corrected chi connectivity index (χ2v) is 4.93. The quantitative estimate of drug-likeness (QED) is 0.438. The van der Waals surface area contributed by atoms with Crippen LogP contribution in [0.25, 0.3) is 0 Å². The Morgan fingerprint density at radius 3 is 2.52 bits per heavy atom. The van der Waals surface area contributed by atoms with Crippen LogP contribution in [-0.2, 0) is 9.53 Å². The van der Waals surface area contributed by atoms with Crippen LogP contribution in [0.1, 0.15) is 37.3 Å². The van der Waals surface area contributed by atoms with E-state index in [0.717, 1.165) is 12.8 Å². The molecule has 1 rings (SSSR count). The molecule has 0 N–H and O–H groups in total. The average Bonchev–Trinajstić information content (AvgIpc) is 2.45. The maximum Gasteiger partial charge on any atom is 0.347 e. The van der Waals surface area contributed by atoms with Crippen molar-refractivity contribution in [1.82, 2.24) is 0 Å². The molecule has 116 valence electrons. The maximum absolute atomic E-state index is 11.7. The highest BCUT2D eigenvalue weighted by Crippen LogP contribution is 2.29. The zero-order valence-electron chi connectivity index (χ0n) is 12.8. The van der Waals surface area contributed by atoms with Gasteiger partial charge in [-0.1, -0.05) is 13.3 Å². The van der Waals surface area contributed by atoms with Gasteiger partial charge in [-0.2, -0.15) is 0 Å². The lowest BCUT2D eigenvalue weighted by molar-refractivity contribution is -0.385. The number of rotatable bonds is 7. The first-order chi connectivity index (χ1) is 9.90. The van der Waals surface area contributed by atoms with Crippen LogP contribution < -0.4 is 4.74 Å². The Hall–Kier alpha value is -2.11. The molecule has 0 bridgehead atoms. The first kappa shape index (κ1) is 16.9. The maximum atomic E-state index is 11.7. The van der Waals surface area contributed by atoms with E-state index >= 15 is 0 Å². The first-order valence-corrected chi connectivity index (χ1v) is 6.90. The summed E-state index contributed by atoms with van der Waals surface area (Å²) in [6, 6.07) is 3.05. The van der Waals surface area contributed by atoms with E-state index in [-0.39, 0.29) is 5.69 Å². The normalized spacial score (nSPS) is 11.8. The number of methoxy groups -OCH3 is 1. The van der Waals surface area contributed by atoms with E-state index in [0.29, 0.717) is 23.3 Å². The zero-order chi connectivity index (χ0) is 16.0. The third kappa shape index (κ3) is 4.44. The number of ether oxygens (including phenoxy) is 2. The first-order valence-electron chi connectivity index (χ1n) is 6.90. The van der Waals surface area contributed by atoms with Crippen LogP contribution in [0.3, 0.4) is 0 Å². The number of carbonyl (C=O) groups is 1. The minimum absolute atomic E-state index is 0.0445. The second-order valence-electron chi connectivity index (χ2n) is 4.93. The molecule has 0 aliphatic carbocycles. The average molecular weight is 295 g/mol. The van der Waals surface area contributed by atoms with Crippen LogP contribution in [0.15, 0.2) is 12.1 Å². The van der Waals surface area contributed by atoms with Crippen molar-refractivity contribution in [2.45, 2.75) is 46.1 Å². The van der Waals surface area contributed by atoms with Crippen LogP contribution in [0.5, 0.6) is 5.75 Å². The van der Waals surface area contributed by atoms with Gasteiger partial charge in [0.2, 0.25) is 0 Å². The molecule has 0 aromatic heterocycles. The molecule has 0 spiro atoms. The fourth-order valence-electron chi connectivity index (χ4n) is 2.00. The van der Waals surface area contributed by atoms with Crippen molar-refractivity contribution in [3.05, 3.63) is 33.4 Å². The molecule has 0 fully saturated rings. The van der Waals surface area contributed by atoms with E-state index < -0.39 is 17.0 Å². The molecule has 0 radical (unpaired) electrons. The lowest BCUT2D eigenvalue weighted by atomic mass is 10.1. The van der Waals surface area contributed by atoms with E-state index in [4.69, 9.17) is 9.47 Å². The highest BCUT2D eigenvalue weighted by Gasteiger charge is 2.23. The number of esters is 1. The molecule has 21 heavy (non-hydrogen) atoms. The van der Waals surface area contributed by atoms with Gasteiger partial charge in [0.05, 0.1) is 12.0 Å². The predicted molar refractivity (Wildman–Crippen MR) is 78.5 cm³/mol. The van der Waals surface area contributed by atoms with E-state index in [1.807, 2.05) is 6.92 Å². The molecule has 6 heteroatoms. The molecule has 0 saturated carbocycles. The van der Waals surface area contributed by atoms with E-state index in [9.17, 15) is 14.9 Å². The van der Waals surface area contributed by atoms with Gasteiger partial charge in [-0.3, -0.25) is 10.1 Å². The van der Waals surface area contributed by atoms with Crippen molar-refractivity contribution in [3.8, 4) is 5.75 Å². The monoisotopic (exact) mass is 295 g/mol. The molecule has 0 aliphatic heterocycles. The Kier molecular flexibility index (Phi) is 6.14. The van der Waals surface area contributed by atoms with Crippen molar-refractivity contribution in [2.24, 2.45) is 0 Å². The van der Waals surface area contributed by atoms with Gasteiger partial charge in [-0.25, -0.2) is 4.79 Å². The molecule has 0 heterocycles. The molecule has 0 amide bonds. The summed E-state index contributed by atoms with van der Waals surface area (Å²) in [5, 5.41) is 10.9. The van der Waals surface area contributed by atoms with Gasteiger partial charge in [0, 0.05) is 11.6 Å². The standard InChI is InChI=1S/C15H21NO5/c1-5-6-7-13(15(17)20-4)21-14-9-10(2)12(16(18)19)8-11(14)3/h8-9,13H,5-7H2,1-4H3. The molecular formula is C15H21NO5. The largest absolute Gasteiger partial charge is 0.478 e. The van der Waals surface area contributed by atoms with Crippen molar-refractivity contribution in [3.63, 3.8) is 0 Å². The van der Waals surface area contributed by atoms with Crippen LogP contribution in [0.2, 0.25) is 0 Å². The lowest BCUT2D eigenvalue weighted by Gasteiger charge is -2.18. The number of hydrogen-bond donors (Lipinski definition) is 0. The molecule has 1 unspecified atom stereocenters. The molecule has 1 aromatic rings. The lowest BCUT2D eigenvalue weighted by Crippen LogP contribution is -2.28. The highest BCUT2D eigenvalue weighted by atomic mass is 16.6. The number of nitro benzene ring substituents is 1. The van der Waals surface area contributed by atoms with Gasteiger partial charge < -0.3 is 9.47 Å². The molecule has 0 saturated heterocycles. The Bertz CT molecular complexity index is 527. The van der Waals surface area contributed by atoms with Gasteiger partial charge in [0.25, 0.3) is 5.69 Å². The number of nitrogens with zero attached hydrogens (tertiary/aromatic N) is 1. The number of benzene rings is 1. The Morgan fingerprint density at radius 2 is 2.00 bits per heavy atom. The van der Waals surface area contributed by atoms with Gasteiger partial charge >= 0.3 is 5.97 Å². The smallest absolute Gasteiger partial charge is 0.347 e. The Labute approximate surface area is 124 Å². The van der Waals surface area contributed by atoms with E-state index in [1.54, 1.807) is 19.9 Å². The van der Waals surface area contributed by atoms with Crippen molar-refractivity contribution in [1.29, 1.82) is 0 Å². The van der Waals surface area contributed by atoms with E-state index in [2.05, 4.69) is 0 Å². The number of hydrogen-bond acceptors (Lipinski definition) is 5. The van der Waals surface area contributed by atoms with Crippen LogP contribution in [0.4, 0.5) is 5.69 Å². The highest BCUT2D eigenvalue weighted by molar-refractivity contribution is 5.75. The summed E-state index contributed by atoms with van der Waals surface area (Å²) in [5.74, 6) is 0.0449. The minimum Gasteiger partial charge on any atom is -0.478 e. The summed E-state index contributed by atoms with van der Waals surface area (Å²) >= 11 is 0. The fourth-order valence-corrected chi connectivity index (χ4v) is 2.00. The van der Waals surface area contributed by atoms with E-state index in [1.165, 1.54) is 13.2 Å². The second kappa shape index (κ2) is 7.61. The molecule has 1 atom stereocenters. The number of carbonyl (C=O) groups excluding carboxylic acids is 1. The Morgan fingerprint density at radius 1 is 1.33 bits per heavy atom. The molecule has 1 aromatic carbocycles. The summed E-state index contributed by atoms with van der Waals surface area (Å²) in [5.41, 5.74) is 1.17. The number of nitro groups is 1. The number of unbranched alkanes of at least 4 members (excludes halogenated alkanes) is 1. The molecule has 0 aliphatic rings. The van der Waals surface area contributed by atoms with Gasteiger partial charge in [-0.05, 0) is 38.3 Å². The topological polar surface area (TPSA) is 78.7 Å². The summed E-state index contributed by atoms with van der Waals surface area (Å²) < 4.78 is 10.5. The summed E-state index contributed by atoms with van der Waals surface area (Å²) in [4.78, 5) is 22.2. The van der Waals surface area contributed by atoms with Crippen molar-refractivity contribution >= 4 is 11.7 Å². The molecule has 6 nitrogen and oxygen atoms in total. The third-order valence-electron chi connectivity index (χ3n) is 3.24. The minimum atomic E-state index is -0.686. The summed E-state index contributed by atoms with van der Waals surface area (Å²) in [7, 11) is 1.32. The fraction of sp³-hybridized carbons (Fsp3) is 0.533. The number of aryl methyl sites for hydroxylation is 2.